The molecule has 1 aliphatic heterocycles. The summed E-state index contributed by atoms with van der Waals surface area (Å²) in [5, 5.41) is 18.9. The molecule has 10 heteroatoms. The summed E-state index contributed by atoms with van der Waals surface area (Å²) >= 11 is 0. The zero-order valence-electron chi connectivity index (χ0n) is 20.1. The summed E-state index contributed by atoms with van der Waals surface area (Å²) in [6.07, 6.45) is 8.85. The molecule has 0 bridgehead atoms. The fraction of sp³-hybridized carbons (Fsp3) is 0.500. The van der Waals surface area contributed by atoms with E-state index in [1.54, 1.807) is 22.9 Å². The van der Waals surface area contributed by atoms with E-state index in [4.69, 9.17) is 0 Å². The summed E-state index contributed by atoms with van der Waals surface area (Å²) < 4.78 is 2.98. The highest BCUT2D eigenvalue weighted by Crippen LogP contribution is 2.33. The largest absolute Gasteiger partial charge is 0.388 e. The average molecular weight is 491 g/mol. The van der Waals surface area contributed by atoms with Crippen LogP contribution in [0.1, 0.15) is 55.3 Å². The van der Waals surface area contributed by atoms with Crippen molar-refractivity contribution >= 4 is 22.8 Å². The van der Waals surface area contributed by atoms with Crippen LogP contribution in [-0.2, 0) is 11.3 Å². The van der Waals surface area contributed by atoms with Gasteiger partial charge < -0.3 is 15.3 Å². The first kappa shape index (κ1) is 22.9. The van der Waals surface area contributed by atoms with Crippen molar-refractivity contribution in [2.24, 2.45) is 5.92 Å². The Kier molecular flexibility index (Phi) is 5.63. The molecule has 36 heavy (non-hydrogen) atoms. The van der Waals surface area contributed by atoms with E-state index in [1.165, 1.54) is 17.1 Å². The van der Waals surface area contributed by atoms with Crippen LogP contribution in [0.5, 0.6) is 0 Å². The molecule has 3 aliphatic rings. The van der Waals surface area contributed by atoms with E-state index in [1.807, 2.05) is 11.0 Å². The van der Waals surface area contributed by atoms with Gasteiger partial charge >= 0.3 is 0 Å². The summed E-state index contributed by atoms with van der Waals surface area (Å²) in [5.41, 5.74) is 0.213. The minimum atomic E-state index is -1.07. The van der Waals surface area contributed by atoms with Crippen molar-refractivity contribution in [3.63, 3.8) is 0 Å². The van der Waals surface area contributed by atoms with E-state index in [0.29, 0.717) is 48.2 Å². The van der Waals surface area contributed by atoms with Crippen molar-refractivity contribution in [1.29, 1.82) is 0 Å². The Balaban J connectivity index is 1.20. The fourth-order valence-corrected chi connectivity index (χ4v) is 5.06. The number of aliphatic hydroxyl groups is 1. The van der Waals surface area contributed by atoms with Crippen molar-refractivity contribution in [3.05, 3.63) is 52.7 Å². The van der Waals surface area contributed by atoms with Gasteiger partial charge in [0.25, 0.3) is 11.5 Å². The zero-order valence-corrected chi connectivity index (χ0v) is 20.1. The van der Waals surface area contributed by atoms with Gasteiger partial charge in [-0.2, -0.15) is 5.10 Å². The monoisotopic (exact) mass is 490 g/mol. The number of hydrogen-bond donors (Lipinski definition) is 2. The first-order valence-electron chi connectivity index (χ1n) is 12.8. The second-order valence-corrected chi connectivity index (χ2v) is 10.4. The minimum absolute atomic E-state index is 0.113. The first-order chi connectivity index (χ1) is 17.4. The highest BCUT2D eigenvalue weighted by atomic mass is 16.3. The van der Waals surface area contributed by atoms with Crippen molar-refractivity contribution in [2.45, 2.75) is 63.1 Å². The van der Waals surface area contributed by atoms with Crippen LogP contribution in [0, 0.1) is 5.92 Å². The van der Waals surface area contributed by atoms with Gasteiger partial charge in [0.15, 0.2) is 5.65 Å². The molecule has 3 heterocycles. The van der Waals surface area contributed by atoms with Crippen LogP contribution >= 0.6 is 0 Å². The summed E-state index contributed by atoms with van der Waals surface area (Å²) in [6, 6.07) is 7.35. The van der Waals surface area contributed by atoms with E-state index in [0.717, 1.165) is 32.1 Å². The van der Waals surface area contributed by atoms with Gasteiger partial charge in [-0.25, -0.2) is 9.67 Å². The van der Waals surface area contributed by atoms with Crippen LogP contribution in [0.4, 0.5) is 0 Å². The number of carbonyl (C=O) groups is 2. The Hall–Kier alpha value is -3.53. The number of benzene rings is 1. The lowest BCUT2D eigenvalue weighted by atomic mass is 9.91. The number of hydrogen-bond acceptors (Lipinski definition) is 6. The molecule has 6 rings (SSSR count). The molecule has 10 nitrogen and oxygen atoms in total. The highest BCUT2D eigenvalue weighted by molar-refractivity contribution is 5.95. The van der Waals surface area contributed by atoms with Gasteiger partial charge in [-0.1, -0.05) is 6.07 Å². The number of fused-ring (bicyclic) bond motifs is 1. The molecule has 3 aromatic rings. The van der Waals surface area contributed by atoms with E-state index >= 15 is 0 Å². The maximum Gasteiger partial charge on any atom is 0.264 e. The van der Waals surface area contributed by atoms with Crippen LogP contribution in [0.15, 0.2) is 41.6 Å². The van der Waals surface area contributed by atoms with Crippen LogP contribution in [-0.4, -0.2) is 65.9 Å². The molecule has 0 spiro atoms. The quantitative estimate of drug-likeness (QED) is 0.542. The maximum absolute atomic E-state index is 13.2. The summed E-state index contributed by atoms with van der Waals surface area (Å²) in [7, 11) is 0. The normalized spacial score (nSPS) is 19.8. The fourth-order valence-electron chi connectivity index (χ4n) is 5.06. The molecule has 2 saturated carbocycles. The minimum Gasteiger partial charge on any atom is -0.388 e. The van der Waals surface area contributed by atoms with E-state index in [9.17, 15) is 19.5 Å². The molecule has 0 unspecified atom stereocenters. The van der Waals surface area contributed by atoms with Crippen molar-refractivity contribution in [1.82, 2.24) is 29.5 Å². The summed E-state index contributed by atoms with van der Waals surface area (Å²) in [4.78, 5) is 44.5. The van der Waals surface area contributed by atoms with Gasteiger partial charge in [-0.3, -0.25) is 19.0 Å². The number of nitrogens with one attached hydrogen (secondary N) is 1. The first-order valence-corrected chi connectivity index (χ1v) is 12.8. The van der Waals surface area contributed by atoms with Crippen molar-refractivity contribution in [2.75, 3.05) is 13.1 Å². The number of rotatable bonds is 6. The van der Waals surface area contributed by atoms with Gasteiger partial charge in [0, 0.05) is 30.6 Å². The van der Waals surface area contributed by atoms with Crippen molar-refractivity contribution in [3.8, 4) is 5.69 Å². The molecule has 2 N–H and O–H groups in total. The molecule has 1 aromatic carbocycles. The lowest BCUT2D eigenvalue weighted by Gasteiger charge is -2.38. The topological polar surface area (TPSA) is 122 Å². The molecular formula is C26H30N6O4. The second kappa shape index (κ2) is 8.85. The van der Waals surface area contributed by atoms with Crippen molar-refractivity contribution < 1.29 is 14.7 Å². The number of likely N-dealkylation sites (tertiary alicyclic amines) is 1. The molecule has 188 valence electrons. The molecule has 0 atom stereocenters. The van der Waals surface area contributed by atoms with Gasteiger partial charge in [-0.15, -0.1) is 0 Å². The molecule has 0 radical (unpaired) electrons. The molecule has 2 aromatic heterocycles. The van der Waals surface area contributed by atoms with Gasteiger partial charge in [0.2, 0.25) is 5.91 Å². The summed E-state index contributed by atoms with van der Waals surface area (Å²) in [6.45, 7) is 1.11. The number of carbonyl (C=O) groups excluding carboxylic acids is 2. The lowest BCUT2D eigenvalue weighted by molar-refractivity contribution is -0.137. The lowest BCUT2D eigenvalue weighted by Crippen LogP contribution is -2.50. The van der Waals surface area contributed by atoms with Gasteiger partial charge in [0.1, 0.15) is 11.7 Å². The Morgan fingerprint density at radius 2 is 1.92 bits per heavy atom. The average Bonchev–Trinajstić information content (AvgIpc) is 3.62. The van der Waals surface area contributed by atoms with E-state index < -0.39 is 5.60 Å². The molecule has 3 fully saturated rings. The second-order valence-electron chi connectivity index (χ2n) is 10.4. The number of nitrogens with zero attached hydrogens (tertiary/aromatic N) is 5. The third-order valence-corrected chi connectivity index (χ3v) is 7.74. The predicted molar refractivity (Wildman–Crippen MR) is 132 cm³/mol. The number of aromatic nitrogens is 4. The Bertz CT molecular complexity index is 1380. The van der Waals surface area contributed by atoms with Crippen LogP contribution in [0.25, 0.3) is 16.7 Å². The number of amides is 2. The highest BCUT2D eigenvalue weighted by Gasteiger charge is 2.39. The number of piperidine rings is 1. The molecular weight excluding hydrogens is 460 g/mol. The third kappa shape index (κ3) is 4.30. The van der Waals surface area contributed by atoms with Crippen LogP contribution < -0.4 is 10.9 Å². The Morgan fingerprint density at radius 3 is 2.61 bits per heavy atom. The van der Waals surface area contributed by atoms with Gasteiger partial charge in [-0.05, 0) is 63.1 Å². The predicted octanol–water partition coefficient (Wildman–Crippen LogP) is 1.63. The molecule has 2 amide bonds. The van der Waals surface area contributed by atoms with E-state index in [2.05, 4.69) is 15.4 Å². The van der Waals surface area contributed by atoms with Crippen LogP contribution in [0.2, 0.25) is 0 Å². The standard InChI is InChI=1S/C26H30N6O4/c33-23(29-19-4-2-5-19)18-3-1-6-20(13-18)32-22-21(14-28-32)25(35)31(16-27-22)15-26(36)9-11-30(12-10-26)24(34)17-7-8-17/h1,3,6,13-14,16-17,19,36H,2,4-5,7-12,15H2,(H,29,33). The van der Waals surface area contributed by atoms with E-state index in [-0.39, 0.29) is 35.9 Å². The smallest absolute Gasteiger partial charge is 0.264 e. The Labute approximate surface area is 207 Å². The third-order valence-electron chi connectivity index (χ3n) is 7.74. The summed E-state index contributed by atoms with van der Waals surface area (Å²) in [5.74, 6) is 0.237. The SMILES string of the molecule is O=C(NC1CCC1)c1cccc(-n2ncc3c(=O)n(CC4(O)CCN(C(=O)C5CC5)CC4)cnc32)c1. The van der Waals surface area contributed by atoms with Gasteiger partial charge in [0.05, 0.1) is 24.0 Å². The molecule has 1 saturated heterocycles. The Morgan fingerprint density at radius 1 is 1.14 bits per heavy atom. The zero-order chi connectivity index (χ0) is 24.9. The maximum atomic E-state index is 13.2. The molecule has 2 aliphatic carbocycles. The van der Waals surface area contributed by atoms with Crippen LogP contribution in [0.3, 0.4) is 0 Å².